The second-order valence-corrected chi connectivity index (χ2v) is 8.57. The zero-order chi connectivity index (χ0) is 21.7. The Morgan fingerprint density at radius 2 is 1.74 bits per heavy atom. The largest absolute Gasteiger partial charge is 0.497 e. The number of carbonyl (C=O) groups excluding carboxylic acids is 2. The van der Waals surface area contributed by atoms with Crippen molar-refractivity contribution in [1.29, 1.82) is 0 Å². The Morgan fingerprint density at radius 1 is 1.03 bits per heavy atom. The molecule has 1 aromatic carbocycles. The Bertz CT molecular complexity index is 755. The normalized spacial score (nSPS) is 22.4. The minimum Gasteiger partial charge on any atom is -0.497 e. The van der Waals surface area contributed by atoms with Gasteiger partial charge in [-0.2, -0.15) is 0 Å². The van der Waals surface area contributed by atoms with Crippen LogP contribution in [0.4, 0.5) is 0 Å². The Hall–Kier alpha value is -2.16. The molecule has 0 atom stereocenters. The van der Waals surface area contributed by atoms with Gasteiger partial charge in [0.1, 0.15) is 5.75 Å². The molecule has 3 saturated heterocycles. The third-order valence-electron chi connectivity index (χ3n) is 6.64. The van der Waals surface area contributed by atoms with Gasteiger partial charge in [-0.05, 0) is 37.1 Å². The van der Waals surface area contributed by atoms with Gasteiger partial charge in [0.05, 0.1) is 39.0 Å². The molecule has 1 spiro atoms. The first-order valence-electron chi connectivity index (χ1n) is 11.2. The van der Waals surface area contributed by atoms with Crippen LogP contribution < -0.4 is 4.74 Å². The lowest BCUT2D eigenvalue weighted by atomic mass is 9.90. The van der Waals surface area contributed by atoms with E-state index in [4.69, 9.17) is 14.2 Å². The van der Waals surface area contributed by atoms with Crippen LogP contribution in [0, 0.1) is 0 Å². The van der Waals surface area contributed by atoms with Crippen LogP contribution in [-0.4, -0.2) is 105 Å². The van der Waals surface area contributed by atoms with Gasteiger partial charge in [0, 0.05) is 51.4 Å². The van der Waals surface area contributed by atoms with Crippen molar-refractivity contribution in [2.75, 3.05) is 72.7 Å². The third kappa shape index (κ3) is 5.37. The van der Waals surface area contributed by atoms with E-state index in [1.807, 2.05) is 21.9 Å². The summed E-state index contributed by atoms with van der Waals surface area (Å²) in [6.07, 6.45) is 1.92. The Morgan fingerprint density at radius 3 is 2.42 bits per heavy atom. The van der Waals surface area contributed by atoms with E-state index in [0.29, 0.717) is 38.2 Å². The maximum absolute atomic E-state index is 12.9. The SMILES string of the molecule is COc1ccc(C(=O)N2CCC3(CC2)CN(CCN2CCOCC2)C(=O)CCO3)cc1. The highest BCUT2D eigenvalue weighted by Crippen LogP contribution is 2.31. The predicted molar refractivity (Wildman–Crippen MR) is 115 cm³/mol. The molecule has 3 fully saturated rings. The molecule has 4 rings (SSSR count). The summed E-state index contributed by atoms with van der Waals surface area (Å²) in [6.45, 7) is 7.30. The van der Waals surface area contributed by atoms with Crippen molar-refractivity contribution in [2.24, 2.45) is 0 Å². The first kappa shape index (κ1) is 22.0. The van der Waals surface area contributed by atoms with Gasteiger partial charge in [-0.25, -0.2) is 0 Å². The van der Waals surface area contributed by atoms with Crippen LogP contribution in [0.2, 0.25) is 0 Å². The molecular weight excluding hydrogens is 398 g/mol. The van der Waals surface area contributed by atoms with Crippen molar-refractivity contribution < 1.29 is 23.8 Å². The number of carbonyl (C=O) groups is 2. The number of benzene rings is 1. The lowest BCUT2D eigenvalue weighted by Crippen LogP contribution is -2.54. The van der Waals surface area contributed by atoms with Crippen LogP contribution in [-0.2, 0) is 14.3 Å². The quantitative estimate of drug-likeness (QED) is 0.699. The summed E-state index contributed by atoms with van der Waals surface area (Å²) in [5.41, 5.74) is 0.314. The molecular formula is C23H33N3O5. The summed E-state index contributed by atoms with van der Waals surface area (Å²) in [6, 6.07) is 7.23. The number of methoxy groups -OCH3 is 1. The molecule has 0 radical (unpaired) electrons. The maximum atomic E-state index is 12.9. The van der Waals surface area contributed by atoms with Crippen LogP contribution in [0.5, 0.6) is 5.75 Å². The number of nitrogens with zero attached hydrogens (tertiary/aromatic N) is 3. The topological polar surface area (TPSA) is 71.5 Å². The minimum absolute atomic E-state index is 0.0337. The molecule has 31 heavy (non-hydrogen) atoms. The van der Waals surface area contributed by atoms with Gasteiger partial charge in [-0.15, -0.1) is 0 Å². The van der Waals surface area contributed by atoms with E-state index in [-0.39, 0.29) is 17.4 Å². The summed E-state index contributed by atoms with van der Waals surface area (Å²) in [5.74, 6) is 0.941. The second kappa shape index (κ2) is 9.97. The molecule has 0 bridgehead atoms. The predicted octanol–water partition coefficient (Wildman–Crippen LogP) is 1.25. The van der Waals surface area contributed by atoms with Gasteiger partial charge in [0.2, 0.25) is 5.91 Å². The summed E-state index contributed by atoms with van der Waals surface area (Å²) in [5, 5.41) is 0. The van der Waals surface area contributed by atoms with E-state index >= 15 is 0 Å². The number of likely N-dealkylation sites (tertiary alicyclic amines) is 1. The minimum atomic E-state index is -0.353. The average molecular weight is 432 g/mol. The highest BCUT2D eigenvalue weighted by Gasteiger charge is 2.41. The molecule has 8 nitrogen and oxygen atoms in total. The van der Waals surface area contributed by atoms with Crippen LogP contribution in [0.3, 0.4) is 0 Å². The highest BCUT2D eigenvalue weighted by atomic mass is 16.5. The number of piperidine rings is 1. The summed E-state index contributed by atoms with van der Waals surface area (Å²) in [4.78, 5) is 31.8. The van der Waals surface area contributed by atoms with Gasteiger partial charge in [0.15, 0.2) is 0 Å². The Balaban J connectivity index is 1.34. The van der Waals surface area contributed by atoms with E-state index in [1.54, 1.807) is 19.2 Å². The lowest BCUT2D eigenvalue weighted by molar-refractivity contribution is -0.132. The van der Waals surface area contributed by atoms with E-state index in [0.717, 1.165) is 58.0 Å². The van der Waals surface area contributed by atoms with Crippen molar-refractivity contribution in [3.8, 4) is 5.75 Å². The number of rotatable bonds is 5. The molecule has 170 valence electrons. The molecule has 3 heterocycles. The summed E-state index contributed by atoms with van der Waals surface area (Å²) < 4.78 is 16.8. The van der Waals surface area contributed by atoms with Gasteiger partial charge >= 0.3 is 0 Å². The fourth-order valence-corrected chi connectivity index (χ4v) is 4.62. The van der Waals surface area contributed by atoms with Gasteiger partial charge < -0.3 is 24.0 Å². The monoisotopic (exact) mass is 431 g/mol. The first-order valence-corrected chi connectivity index (χ1v) is 11.2. The molecule has 0 N–H and O–H groups in total. The van der Waals surface area contributed by atoms with Crippen molar-refractivity contribution in [3.05, 3.63) is 29.8 Å². The first-order chi connectivity index (χ1) is 15.1. The van der Waals surface area contributed by atoms with Crippen LogP contribution in [0.1, 0.15) is 29.6 Å². The maximum Gasteiger partial charge on any atom is 0.253 e. The zero-order valence-corrected chi connectivity index (χ0v) is 18.4. The van der Waals surface area contributed by atoms with E-state index in [2.05, 4.69) is 4.90 Å². The molecule has 2 amide bonds. The smallest absolute Gasteiger partial charge is 0.253 e. The van der Waals surface area contributed by atoms with Crippen molar-refractivity contribution in [1.82, 2.24) is 14.7 Å². The molecule has 0 aliphatic carbocycles. The van der Waals surface area contributed by atoms with Gasteiger partial charge in [-0.3, -0.25) is 14.5 Å². The van der Waals surface area contributed by atoms with E-state index < -0.39 is 0 Å². The van der Waals surface area contributed by atoms with E-state index in [9.17, 15) is 9.59 Å². The number of morpholine rings is 1. The molecule has 3 aliphatic rings. The molecule has 0 aromatic heterocycles. The van der Waals surface area contributed by atoms with Crippen molar-refractivity contribution in [3.63, 3.8) is 0 Å². The molecule has 3 aliphatic heterocycles. The zero-order valence-electron chi connectivity index (χ0n) is 18.4. The standard InChI is InChI=1S/C23H33N3O5/c1-29-20-4-2-19(3-5-20)22(28)25-9-7-23(8-10-25)18-26(21(27)6-15-31-23)12-11-24-13-16-30-17-14-24/h2-5H,6-18H2,1H3. The van der Waals surface area contributed by atoms with Crippen molar-refractivity contribution in [2.45, 2.75) is 24.9 Å². The fourth-order valence-electron chi connectivity index (χ4n) is 4.62. The van der Waals surface area contributed by atoms with E-state index in [1.165, 1.54) is 0 Å². The third-order valence-corrected chi connectivity index (χ3v) is 6.64. The van der Waals surface area contributed by atoms with Crippen molar-refractivity contribution >= 4 is 11.8 Å². The second-order valence-electron chi connectivity index (χ2n) is 8.57. The highest BCUT2D eigenvalue weighted by molar-refractivity contribution is 5.94. The number of hydrogen-bond acceptors (Lipinski definition) is 6. The summed E-state index contributed by atoms with van der Waals surface area (Å²) >= 11 is 0. The molecule has 0 unspecified atom stereocenters. The van der Waals surface area contributed by atoms with Crippen LogP contribution >= 0.6 is 0 Å². The number of amides is 2. The summed E-state index contributed by atoms with van der Waals surface area (Å²) in [7, 11) is 1.61. The fraction of sp³-hybridized carbons (Fsp3) is 0.652. The number of ether oxygens (including phenoxy) is 3. The Labute approximate surface area is 184 Å². The molecule has 8 heteroatoms. The lowest BCUT2D eigenvalue weighted by Gasteiger charge is -2.43. The van der Waals surface area contributed by atoms with Crippen LogP contribution in [0.15, 0.2) is 24.3 Å². The average Bonchev–Trinajstić information content (AvgIpc) is 2.97. The van der Waals surface area contributed by atoms with Crippen LogP contribution in [0.25, 0.3) is 0 Å². The number of hydrogen-bond donors (Lipinski definition) is 0. The Kier molecular flexibility index (Phi) is 7.09. The van der Waals surface area contributed by atoms with Gasteiger partial charge in [-0.1, -0.05) is 0 Å². The molecule has 1 aromatic rings. The molecule has 0 saturated carbocycles. The van der Waals surface area contributed by atoms with Gasteiger partial charge in [0.25, 0.3) is 5.91 Å².